The van der Waals surface area contributed by atoms with E-state index in [0.717, 1.165) is 41.0 Å². The summed E-state index contributed by atoms with van der Waals surface area (Å²) in [6.45, 7) is 5.96. The molecule has 0 atom stereocenters. The second kappa shape index (κ2) is 8.75. The van der Waals surface area contributed by atoms with E-state index < -0.39 is 0 Å². The lowest BCUT2D eigenvalue weighted by molar-refractivity contribution is 0.0704. The van der Waals surface area contributed by atoms with Crippen LogP contribution in [0.15, 0.2) is 55.1 Å². The molecule has 0 unspecified atom stereocenters. The molecule has 0 aliphatic carbocycles. The van der Waals surface area contributed by atoms with Crippen molar-refractivity contribution in [1.29, 1.82) is 0 Å². The highest BCUT2D eigenvalue weighted by atomic mass is 16.2. The number of aryl methyl sites for hydroxylation is 2. The summed E-state index contributed by atoms with van der Waals surface area (Å²) in [5, 5.41) is 0. The number of likely N-dealkylation sites (tertiary alicyclic amines) is 1. The Balaban J connectivity index is 1.45. The van der Waals surface area contributed by atoms with Crippen LogP contribution in [0.1, 0.15) is 51.8 Å². The summed E-state index contributed by atoms with van der Waals surface area (Å²) in [6.07, 6.45) is 8.97. The molecule has 0 saturated carbocycles. The van der Waals surface area contributed by atoms with Crippen molar-refractivity contribution in [3.05, 3.63) is 83.3 Å². The minimum atomic E-state index is 0.00186. The number of rotatable bonds is 4. The summed E-state index contributed by atoms with van der Waals surface area (Å²) in [5.41, 5.74) is 13.0. The van der Waals surface area contributed by atoms with Gasteiger partial charge in [0, 0.05) is 49.7 Å². The van der Waals surface area contributed by atoms with Gasteiger partial charge in [-0.2, -0.15) is 0 Å². The molecule has 1 amide bonds. The molecule has 2 N–H and O–H groups in total. The van der Waals surface area contributed by atoms with Crippen LogP contribution in [-0.4, -0.2) is 43.2 Å². The topological polar surface area (TPSA) is 89.4 Å². The summed E-state index contributed by atoms with van der Waals surface area (Å²) in [6, 6.07) is 10.2. The zero-order chi connectivity index (χ0) is 22.9. The van der Waals surface area contributed by atoms with E-state index in [2.05, 4.69) is 47.0 Å². The number of nitrogens with two attached hydrogens (primary N) is 1. The Kier molecular flexibility index (Phi) is 5.64. The minimum Gasteiger partial charge on any atom is -0.337 e. The first kappa shape index (κ1) is 21.3. The van der Waals surface area contributed by atoms with Crippen LogP contribution in [0.5, 0.6) is 0 Å². The van der Waals surface area contributed by atoms with Gasteiger partial charge in [-0.05, 0) is 55.5 Å². The highest BCUT2D eigenvalue weighted by Gasteiger charge is 2.27. The Hall–Kier alpha value is -3.58. The number of carbonyl (C=O) groups excluding carboxylic acids is 1. The predicted octanol–water partition coefficient (Wildman–Crippen LogP) is 3.89. The van der Waals surface area contributed by atoms with E-state index in [0.29, 0.717) is 31.2 Å². The zero-order valence-corrected chi connectivity index (χ0v) is 19.0. The number of piperidine rings is 1. The number of pyridine rings is 1. The van der Waals surface area contributed by atoms with Crippen LogP contribution in [-0.2, 0) is 6.54 Å². The maximum absolute atomic E-state index is 13.4. The van der Waals surface area contributed by atoms with Gasteiger partial charge < -0.3 is 10.6 Å². The molecule has 1 fully saturated rings. The van der Waals surface area contributed by atoms with Gasteiger partial charge in [0.2, 0.25) is 0 Å². The van der Waals surface area contributed by atoms with Gasteiger partial charge in [0.25, 0.3) is 5.91 Å². The quantitative estimate of drug-likeness (QED) is 0.520. The molecule has 1 aliphatic heterocycles. The molecule has 3 aromatic heterocycles. The van der Waals surface area contributed by atoms with Crippen molar-refractivity contribution >= 4 is 11.6 Å². The number of fused-ring (bicyclic) bond motifs is 1. The first-order valence-corrected chi connectivity index (χ1v) is 11.4. The van der Waals surface area contributed by atoms with Crippen LogP contribution in [0.2, 0.25) is 0 Å². The largest absolute Gasteiger partial charge is 0.337 e. The first-order chi connectivity index (χ1) is 16.0. The number of imidazole rings is 1. The van der Waals surface area contributed by atoms with Crippen LogP contribution in [0.4, 0.5) is 0 Å². The Morgan fingerprint density at radius 3 is 2.52 bits per heavy atom. The number of nitrogens with zero attached hydrogens (tertiary/aromatic N) is 5. The highest BCUT2D eigenvalue weighted by molar-refractivity contribution is 5.93. The van der Waals surface area contributed by atoms with E-state index in [9.17, 15) is 4.79 Å². The molecule has 1 aromatic carbocycles. The molecule has 4 aromatic rings. The van der Waals surface area contributed by atoms with Gasteiger partial charge in [0.1, 0.15) is 17.2 Å². The average Bonchev–Trinajstić information content (AvgIpc) is 3.26. The third kappa shape index (κ3) is 4.00. The fourth-order valence-electron chi connectivity index (χ4n) is 4.77. The van der Waals surface area contributed by atoms with Gasteiger partial charge in [0.15, 0.2) is 0 Å². The summed E-state index contributed by atoms with van der Waals surface area (Å²) in [5.74, 6) is 1.16. The van der Waals surface area contributed by atoms with Crippen molar-refractivity contribution in [1.82, 2.24) is 24.3 Å². The molecule has 168 valence electrons. The highest BCUT2D eigenvalue weighted by Crippen LogP contribution is 2.30. The van der Waals surface area contributed by atoms with E-state index in [-0.39, 0.29) is 5.91 Å². The van der Waals surface area contributed by atoms with E-state index >= 15 is 0 Å². The third-order valence-electron chi connectivity index (χ3n) is 6.58. The van der Waals surface area contributed by atoms with Gasteiger partial charge >= 0.3 is 0 Å². The van der Waals surface area contributed by atoms with Crippen LogP contribution in [0.25, 0.3) is 16.8 Å². The number of hydrogen-bond acceptors (Lipinski definition) is 5. The summed E-state index contributed by atoms with van der Waals surface area (Å²) in [7, 11) is 0. The number of aromatic nitrogens is 4. The molecule has 5 rings (SSSR count). The fraction of sp³-hybridized carbons (Fsp3) is 0.308. The smallest absolute Gasteiger partial charge is 0.272 e. The lowest BCUT2D eigenvalue weighted by Gasteiger charge is -2.31. The molecule has 7 nitrogen and oxygen atoms in total. The fourth-order valence-corrected chi connectivity index (χ4v) is 4.77. The molecule has 33 heavy (non-hydrogen) atoms. The zero-order valence-electron chi connectivity index (χ0n) is 19.0. The summed E-state index contributed by atoms with van der Waals surface area (Å²) >= 11 is 0. The Bertz CT molecular complexity index is 1310. The Morgan fingerprint density at radius 2 is 1.82 bits per heavy atom. The van der Waals surface area contributed by atoms with Crippen molar-refractivity contribution in [2.75, 3.05) is 13.1 Å². The molecule has 0 spiro atoms. The molecular formula is C26H28N6O. The van der Waals surface area contributed by atoms with Gasteiger partial charge in [-0.25, -0.2) is 15.0 Å². The monoisotopic (exact) mass is 440 g/mol. The maximum Gasteiger partial charge on any atom is 0.272 e. The van der Waals surface area contributed by atoms with Crippen LogP contribution in [0.3, 0.4) is 0 Å². The average molecular weight is 441 g/mol. The van der Waals surface area contributed by atoms with Crippen molar-refractivity contribution < 1.29 is 4.79 Å². The SMILES string of the molecule is Cc1ccc(-c2cn3c(C(=O)N4CCC(c5ncccn5)CC4)cnc3cc2CN)c(C)c1. The minimum absolute atomic E-state index is 0.00186. The van der Waals surface area contributed by atoms with Gasteiger partial charge in [-0.3, -0.25) is 9.20 Å². The number of benzene rings is 1. The Labute approximate surface area is 193 Å². The first-order valence-electron chi connectivity index (χ1n) is 11.4. The van der Waals surface area contributed by atoms with E-state index in [4.69, 9.17) is 5.73 Å². The normalized spacial score (nSPS) is 14.7. The van der Waals surface area contributed by atoms with Crippen molar-refractivity contribution in [3.63, 3.8) is 0 Å². The second-order valence-electron chi connectivity index (χ2n) is 8.78. The van der Waals surface area contributed by atoms with Gasteiger partial charge in [-0.1, -0.05) is 23.8 Å². The molecular weight excluding hydrogens is 412 g/mol. The van der Waals surface area contributed by atoms with Crippen molar-refractivity contribution in [2.45, 2.75) is 39.2 Å². The van der Waals surface area contributed by atoms with Crippen molar-refractivity contribution in [3.8, 4) is 11.1 Å². The standard InChI is InChI=1S/C26H28N6O/c1-17-4-5-21(18(2)12-17)22-16-32-23(15-30-24(32)13-20(22)14-27)26(33)31-10-6-19(7-11-31)25-28-8-3-9-29-25/h3-5,8-9,12-13,15-16,19H,6-7,10-11,14,27H2,1-2H3. The second-order valence-corrected chi connectivity index (χ2v) is 8.78. The van der Waals surface area contributed by atoms with Crippen LogP contribution in [0, 0.1) is 13.8 Å². The summed E-state index contributed by atoms with van der Waals surface area (Å²) < 4.78 is 1.91. The number of amides is 1. The van der Waals surface area contributed by atoms with Crippen LogP contribution < -0.4 is 5.73 Å². The lowest BCUT2D eigenvalue weighted by Crippen LogP contribution is -2.38. The number of carbonyl (C=O) groups is 1. The van der Waals surface area contributed by atoms with E-state index in [1.54, 1.807) is 18.6 Å². The van der Waals surface area contributed by atoms with Gasteiger partial charge in [0.05, 0.1) is 6.20 Å². The third-order valence-corrected chi connectivity index (χ3v) is 6.58. The predicted molar refractivity (Wildman–Crippen MR) is 128 cm³/mol. The van der Waals surface area contributed by atoms with Crippen molar-refractivity contribution in [2.24, 2.45) is 5.73 Å². The lowest BCUT2D eigenvalue weighted by atomic mass is 9.95. The van der Waals surface area contributed by atoms with E-state index in [1.165, 1.54) is 11.1 Å². The molecule has 4 heterocycles. The molecule has 0 radical (unpaired) electrons. The molecule has 1 aliphatic rings. The molecule has 0 bridgehead atoms. The Morgan fingerprint density at radius 1 is 1.06 bits per heavy atom. The molecule has 1 saturated heterocycles. The van der Waals surface area contributed by atoms with Gasteiger partial charge in [-0.15, -0.1) is 0 Å². The summed E-state index contributed by atoms with van der Waals surface area (Å²) in [4.78, 5) is 28.7. The maximum atomic E-state index is 13.4. The molecule has 7 heteroatoms. The van der Waals surface area contributed by atoms with Crippen LogP contribution >= 0.6 is 0 Å². The number of hydrogen-bond donors (Lipinski definition) is 1. The van der Waals surface area contributed by atoms with E-state index in [1.807, 2.05) is 27.6 Å².